The first-order valence-electron chi connectivity index (χ1n) is 10.3. The maximum Gasteiger partial charge on any atom is 0.235 e. The molecule has 0 spiro atoms. The van der Waals surface area contributed by atoms with E-state index in [4.69, 9.17) is 0 Å². The molecule has 0 aliphatic carbocycles. The summed E-state index contributed by atoms with van der Waals surface area (Å²) in [4.78, 5) is 14.8. The van der Waals surface area contributed by atoms with Crippen molar-refractivity contribution in [2.45, 2.75) is 43.1 Å². The zero-order valence-electron chi connectivity index (χ0n) is 17.0. The van der Waals surface area contributed by atoms with Crippen LogP contribution in [0.5, 0.6) is 0 Å². The Morgan fingerprint density at radius 3 is 2.47 bits per heavy atom. The van der Waals surface area contributed by atoms with Gasteiger partial charge in [-0.1, -0.05) is 54.2 Å². The van der Waals surface area contributed by atoms with Gasteiger partial charge >= 0.3 is 0 Å². The molecule has 0 unspecified atom stereocenters. The lowest BCUT2D eigenvalue weighted by Gasteiger charge is -2.28. The molecule has 1 aliphatic rings. The molecule has 1 atom stereocenters. The van der Waals surface area contributed by atoms with Crippen molar-refractivity contribution in [2.75, 3.05) is 13.1 Å². The van der Waals surface area contributed by atoms with Crippen LogP contribution < -0.4 is 0 Å². The van der Waals surface area contributed by atoms with Crippen LogP contribution in [0.25, 0.3) is 11.4 Å². The number of halogens is 1. The number of piperidine rings is 1. The number of aromatic nitrogens is 3. The van der Waals surface area contributed by atoms with Crippen LogP contribution in [0, 0.1) is 5.82 Å². The number of benzene rings is 2. The van der Waals surface area contributed by atoms with Crippen LogP contribution in [0.2, 0.25) is 0 Å². The summed E-state index contributed by atoms with van der Waals surface area (Å²) in [5.74, 6) is 0.256. The summed E-state index contributed by atoms with van der Waals surface area (Å²) < 4.78 is 16.4. The minimum atomic E-state index is -0.340. The minimum absolute atomic E-state index is 0.126. The second-order valence-electron chi connectivity index (χ2n) is 7.50. The van der Waals surface area contributed by atoms with Gasteiger partial charge in [-0.2, -0.15) is 0 Å². The summed E-state index contributed by atoms with van der Waals surface area (Å²) in [6, 6.07) is 16.5. The number of nitrogens with zero attached hydrogens (tertiary/aromatic N) is 4. The Bertz CT molecular complexity index is 1000. The normalized spacial score (nSPS) is 15.2. The van der Waals surface area contributed by atoms with Crippen molar-refractivity contribution in [2.24, 2.45) is 0 Å². The number of thioether (sulfide) groups is 1. The number of likely N-dealkylation sites (tertiary alicyclic amines) is 1. The average molecular weight is 425 g/mol. The maximum atomic E-state index is 14.5. The smallest absolute Gasteiger partial charge is 0.235 e. The van der Waals surface area contributed by atoms with Crippen molar-refractivity contribution in [1.29, 1.82) is 0 Å². The summed E-state index contributed by atoms with van der Waals surface area (Å²) in [7, 11) is 0. The molecule has 0 radical (unpaired) electrons. The standard InChI is InChI=1S/C23H25FN4OS/c1-17(22(29)27-14-8-3-9-15-27)30-23-26-25-21(19-12-6-7-13-20(19)24)28(23)16-18-10-4-2-5-11-18/h2,4-7,10-13,17H,3,8-9,14-16H2,1H3/t17-/m1/s1. The molecule has 7 heteroatoms. The zero-order valence-corrected chi connectivity index (χ0v) is 17.8. The molecule has 2 heterocycles. The highest BCUT2D eigenvalue weighted by atomic mass is 32.2. The molecule has 0 bridgehead atoms. The summed E-state index contributed by atoms with van der Waals surface area (Å²) in [5.41, 5.74) is 1.47. The molecule has 0 saturated carbocycles. The first-order valence-corrected chi connectivity index (χ1v) is 11.2. The van der Waals surface area contributed by atoms with Gasteiger partial charge in [-0.15, -0.1) is 10.2 Å². The van der Waals surface area contributed by atoms with Crippen molar-refractivity contribution >= 4 is 17.7 Å². The van der Waals surface area contributed by atoms with Gasteiger partial charge in [-0.05, 0) is 43.9 Å². The highest BCUT2D eigenvalue weighted by Crippen LogP contribution is 2.30. The topological polar surface area (TPSA) is 51.0 Å². The molecular formula is C23H25FN4OS. The van der Waals surface area contributed by atoms with Crippen LogP contribution in [0.4, 0.5) is 4.39 Å². The maximum absolute atomic E-state index is 14.5. The molecule has 30 heavy (non-hydrogen) atoms. The van der Waals surface area contributed by atoms with Crippen LogP contribution in [-0.2, 0) is 11.3 Å². The Balaban J connectivity index is 1.63. The second kappa shape index (κ2) is 9.43. The molecule has 4 rings (SSSR count). The van der Waals surface area contributed by atoms with Gasteiger partial charge in [-0.25, -0.2) is 4.39 Å². The van der Waals surface area contributed by atoms with Crippen molar-refractivity contribution in [3.63, 3.8) is 0 Å². The summed E-state index contributed by atoms with van der Waals surface area (Å²) in [6.45, 7) is 4.05. The number of hydrogen-bond acceptors (Lipinski definition) is 4. The van der Waals surface area contributed by atoms with Gasteiger partial charge in [0.25, 0.3) is 0 Å². The van der Waals surface area contributed by atoms with E-state index in [2.05, 4.69) is 10.2 Å². The van der Waals surface area contributed by atoms with Crippen LogP contribution in [0.1, 0.15) is 31.7 Å². The van der Waals surface area contributed by atoms with E-state index in [0.717, 1.165) is 31.5 Å². The predicted molar refractivity (Wildman–Crippen MR) is 117 cm³/mol. The molecule has 1 saturated heterocycles. The fourth-order valence-corrected chi connectivity index (χ4v) is 4.64. The van der Waals surface area contributed by atoms with Crippen molar-refractivity contribution < 1.29 is 9.18 Å². The fraction of sp³-hybridized carbons (Fsp3) is 0.348. The molecule has 156 valence electrons. The van der Waals surface area contributed by atoms with Crippen LogP contribution in [-0.4, -0.2) is 43.9 Å². The summed E-state index contributed by atoms with van der Waals surface area (Å²) in [5, 5.41) is 8.97. The van der Waals surface area contributed by atoms with Crippen LogP contribution in [0.15, 0.2) is 59.8 Å². The van der Waals surface area contributed by atoms with E-state index in [1.165, 1.54) is 24.2 Å². The lowest BCUT2D eigenvalue weighted by atomic mass is 10.1. The molecule has 5 nitrogen and oxygen atoms in total. The van der Waals surface area contributed by atoms with Crippen molar-refractivity contribution in [1.82, 2.24) is 19.7 Å². The number of carbonyl (C=O) groups is 1. The Hall–Kier alpha value is -2.67. The SMILES string of the molecule is C[C@@H](Sc1nnc(-c2ccccc2F)n1Cc1ccccc1)C(=O)N1CCCCC1. The first-order chi connectivity index (χ1) is 14.6. The van der Waals surface area contributed by atoms with Crippen LogP contribution in [0.3, 0.4) is 0 Å². The Morgan fingerprint density at radius 2 is 1.73 bits per heavy atom. The summed E-state index contributed by atoms with van der Waals surface area (Å²) >= 11 is 1.39. The number of hydrogen-bond donors (Lipinski definition) is 0. The molecule has 1 amide bonds. The second-order valence-corrected chi connectivity index (χ2v) is 8.81. The first kappa shape index (κ1) is 20.6. The van der Waals surface area contributed by atoms with E-state index in [0.29, 0.717) is 23.1 Å². The molecule has 1 aliphatic heterocycles. The lowest BCUT2D eigenvalue weighted by Crippen LogP contribution is -2.40. The third kappa shape index (κ3) is 4.56. The molecular weight excluding hydrogens is 399 g/mol. The van der Waals surface area contributed by atoms with E-state index >= 15 is 0 Å². The van der Waals surface area contributed by atoms with Crippen molar-refractivity contribution in [3.8, 4) is 11.4 Å². The summed E-state index contributed by atoms with van der Waals surface area (Å²) in [6.07, 6.45) is 3.30. The lowest BCUT2D eigenvalue weighted by molar-refractivity contribution is -0.131. The van der Waals surface area contributed by atoms with E-state index in [1.807, 2.05) is 46.7 Å². The monoisotopic (exact) mass is 424 g/mol. The fourth-order valence-electron chi connectivity index (χ4n) is 3.71. The van der Waals surface area contributed by atoms with E-state index in [-0.39, 0.29) is 17.0 Å². The average Bonchev–Trinajstić information content (AvgIpc) is 3.16. The highest BCUT2D eigenvalue weighted by Gasteiger charge is 2.26. The minimum Gasteiger partial charge on any atom is -0.342 e. The molecule has 2 aromatic carbocycles. The highest BCUT2D eigenvalue weighted by molar-refractivity contribution is 8.00. The Kier molecular flexibility index (Phi) is 6.47. The Morgan fingerprint density at radius 1 is 1.03 bits per heavy atom. The third-order valence-corrected chi connectivity index (χ3v) is 6.38. The Labute approximate surface area is 180 Å². The van der Waals surface area contributed by atoms with Gasteiger partial charge in [0.15, 0.2) is 11.0 Å². The van der Waals surface area contributed by atoms with E-state index < -0.39 is 0 Å². The van der Waals surface area contributed by atoms with Gasteiger partial charge in [0.2, 0.25) is 5.91 Å². The van der Waals surface area contributed by atoms with Crippen molar-refractivity contribution in [3.05, 3.63) is 66.0 Å². The molecule has 3 aromatic rings. The number of carbonyl (C=O) groups excluding carboxylic acids is 1. The quantitative estimate of drug-likeness (QED) is 0.542. The van der Waals surface area contributed by atoms with E-state index in [9.17, 15) is 9.18 Å². The molecule has 1 aromatic heterocycles. The van der Waals surface area contributed by atoms with Gasteiger partial charge in [-0.3, -0.25) is 9.36 Å². The zero-order chi connectivity index (χ0) is 20.9. The number of rotatable bonds is 6. The van der Waals surface area contributed by atoms with Gasteiger partial charge in [0, 0.05) is 13.1 Å². The van der Waals surface area contributed by atoms with Crippen LogP contribution >= 0.6 is 11.8 Å². The molecule has 1 fully saturated rings. The molecule has 0 N–H and O–H groups in total. The van der Waals surface area contributed by atoms with E-state index in [1.54, 1.807) is 18.2 Å². The predicted octanol–water partition coefficient (Wildman–Crippen LogP) is 4.63. The third-order valence-electron chi connectivity index (χ3n) is 5.31. The van der Waals surface area contributed by atoms with Gasteiger partial charge in [0.05, 0.1) is 17.4 Å². The van der Waals surface area contributed by atoms with Gasteiger partial charge < -0.3 is 4.90 Å². The number of amides is 1. The van der Waals surface area contributed by atoms with Gasteiger partial charge in [0.1, 0.15) is 5.82 Å². The largest absolute Gasteiger partial charge is 0.342 e.